The van der Waals surface area contributed by atoms with Crippen molar-refractivity contribution in [1.29, 1.82) is 0 Å². The molecule has 0 N–H and O–H groups in total. The van der Waals surface area contributed by atoms with Gasteiger partial charge in [0.25, 0.3) is 0 Å². The highest BCUT2D eigenvalue weighted by molar-refractivity contribution is 5.88. The molecule has 1 aliphatic heterocycles. The largest absolute Gasteiger partial charge is 0.357 e. The highest BCUT2D eigenvalue weighted by Crippen LogP contribution is 2.31. The number of rotatable bonds is 4. The molecular weight excluding hydrogens is 322 g/mol. The number of nitrogens with zero attached hydrogens (tertiary/aromatic N) is 5. The summed E-state index contributed by atoms with van der Waals surface area (Å²) in [6.07, 6.45) is 2.15. The van der Waals surface area contributed by atoms with Crippen molar-refractivity contribution in [2.24, 2.45) is 10.4 Å². The van der Waals surface area contributed by atoms with Gasteiger partial charge < -0.3 is 9.47 Å². The highest BCUT2D eigenvalue weighted by Gasteiger charge is 2.33. The third-order valence-electron chi connectivity index (χ3n) is 5.17. The molecule has 148 valence electrons. The van der Waals surface area contributed by atoms with Crippen LogP contribution in [0.4, 0.5) is 0 Å². The Morgan fingerprint density at radius 2 is 1.62 bits per heavy atom. The molecule has 2 atom stereocenters. The van der Waals surface area contributed by atoms with Gasteiger partial charge in [-0.05, 0) is 40.5 Å². The molecule has 0 radical (unpaired) electrons. The third kappa shape index (κ3) is 4.47. The van der Waals surface area contributed by atoms with Crippen molar-refractivity contribution in [2.45, 2.75) is 106 Å². The van der Waals surface area contributed by atoms with Gasteiger partial charge in [-0.3, -0.25) is 4.99 Å². The predicted molar refractivity (Wildman–Crippen MR) is 110 cm³/mol. The first-order valence-electron chi connectivity index (χ1n) is 10.1. The van der Waals surface area contributed by atoms with Gasteiger partial charge in [-0.25, -0.2) is 0 Å². The zero-order valence-corrected chi connectivity index (χ0v) is 18.6. The lowest BCUT2D eigenvalue weighted by molar-refractivity contribution is 0.266. The molecule has 5 heteroatoms. The van der Waals surface area contributed by atoms with E-state index in [9.17, 15) is 0 Å². The minimum atomic E-state index is -0.00361. The molecule has 0 saturated carbocycles. The number of aryl methyl sites for hydroxylation is 1. The van der Waals surface area contributed by atoms with Gasteiger partial charge in [0.05, 0.1) is 6.04 Å². The normalized spacial score (nSPS) is 20.5. The van der Waals surface area contributed by atoms with Gasteiger partial charge in [-0.2, -0.15) is 0 Å². The van der Waals surface area contributed by atoms with E-state index in [0.29, 0.717) is 18.1 Å². The van der Waals surface area contributed by atoms with Crippen LogP contribution in [0.25, 0.3) is 0 Å². The Kier molecular flexibility index (Phi) is 5.89. The van der Waals surface area contributed by atoms with Crippen LogP contribution in [0.15, 0.2) is 4.99 Å². The molecule has 0 aliphatic carbocycles. The molecule has 5 nitrogen and oxygen atoms in total. The van der Waals surface area contributed by atoms with E-state index in [0.717, 1.165) is 31.0 Å². The predicted octanol–water partition coefficient (Wildman–Crippen LogP) is 4.76. The van der Waals surface area contributed by atoms with Gasteiger partial charge >= 0.3 is 0 Å². The fraction of sp³-hybridized carbons (Fsp3) is 0.857. The fourth-order valence-electron chi connectivity index (χ4n) is 3.91. The Morgan fingerprint density at radius 3 is 2.12 bits per heavy atom. The smallest absolute Gasteiger partial charge is 0.138 e. The summed E-state index contributed by atoms with van der Waals surface area (Å²) in [5, 5.41) is 8.82. The Hall–Kier alpha value is -1.39. The van der Waals surface area contributed by atoms with Gasteiger partial charge in [0, 0.05) is 29.5 Å². The fourth-order valence-corrected chi connectivity index (χ4v) is 3.91. The summed E-state index contributed by atoms with van der Waals surface area (Å²) in [4.78, 5) is 7.69. The Morgan fingerprint density at radius 1 is 1.00 bits per heavy atom. The zero-order chi connectivity index (χ0) is 19.9. The maximum absolute atomic E-state index is 5.22. The molecule has 1 aliphatic rings. The maximum atomic E-state index is 5.22. The van der Waals surface area contributed by atoms with Crippen molar-refractivity contribution in [3.05, 3.63) is 11.6 Å². The summed E-state index contributed by atoms with van der Waals surface area (Å²) < 4.78 is 2.32. The summed E-state index contributed by atoms with van der Waals surface area (Å²) in [5.41, 5.74) is 0.0750. The summed E-state index contributed by atoms with van der Waals surface area (Å²) in [6.45, 7) is 23.4. The minimum Gasteiger partial charge on any atom is -0.357 e. The highest BCUT2D eigenvalue weighted by atomic mass is 15.3. The van der Waals surface area contributed by atoms with E-state index in [2.05, 4.69) is 88.9 Å². The van der Waals surface area contributed by atoms with Crippen LogP contribution in [0.3, 0.4) is 0 Å². The molecule has 0 fully saturated rings. The van der Waals surface area contributed by atoms with Crippen LogP contribution < -0.4 is 0 Å². The first kappa shape index (κ1) is 20.9. The van der Waals surface area contributed by atoms with Crippen LogP contribution in [0.1, 0.15) is 92.8 Å². The van der Waals surface area contributed by atoms with E-state index in [1.54, 1.807) is 0 Å². The number of hydrogen-bond acceptors (Lipinski definition) is 4. The molecular formula is C21H39N5. The van der Waals surface area contributed by atoms with Crippen LogP contribution >= 0.6 is 0 Å². The van der Waals surface area contributed by atoms with Crippen LogP contribution in [0, 0.1) is 12.3 Å². The molecule has 0 amide bonds. The quantitative estimate of drug-likeness (QED) is 0.776. The number of amidine groups is 1. The topological polar surface area (TPSA) is 46.3 Å². The van der Waals surface area contributed by atoms with Crippen molar-refractivity contribution in [2.75, 3.05) is 6.54 Å². The lowest BCUT2D eigenvalue weighted by atomic mass is 9.90. The molecule has 0 bridgehead atoms. The van der Waals surface area contributed by atoms with Crippen molar-refractivity contribution in [1.82, 2.24) is 19.7 Å². The summed E-state index contributed by atoms with van der Waals surface area (Å²) in [7, 11) is 0. The molecule has 2 heterocycles. The van der Waals surface area contributed by atoms with Crippen molar-refractivity contribution < 1.29 is 0 Å². The standard InChI is InChI=1S/C21H39N5/c1-14(2)25-12-11-17(22-18(25)20(5,6)7)13-15(3)26-16(4)23-24-19(26)21(8,9)10/h14-15,17H,11-13H2,1-10H3. The molecule has 0 aromatic carbocycles. The number of aromatic nitrogens is 3. The van der Waals surface area contributed by atoms with Gasteiger partial charge in [-0.1, -0.05) is 41.5 Å². The molecule has 2 rings (SSSR count). The second kappa shape index (κ2) is 7.32. The number of aliphatic imine (C=N–C) groups is 1. The molecule has 0 saturated heterocycles. The number of hydrogen-bond donors (Lipinski definition) is 0. The van der Waals surface area contributed by atoms with Crippen molar-refractivity contribution >= 4 is 5.84 Å². The molecule has 1 aromatic heterocycles. The lowest BCUT2D eigenvalue weighted by Gasteiger charge is -2.41. The first-order chi connectivity index (χ1) is 11.8. The van der Waals surface area contributed by atoms with Gasteiger partial charge in [0.2, 0.25) is 0 Å². The average molecular weight is 362 g/mol. The zero-order valence-electron chi connectivity index (χ0n) is 18.6. The van der Waals surface area contributed by atoms with Gasteiger partial charge in [0.1, 0.15) is 17.5 Å². The molecule has 2 unspecified atom stereocenters. The van der Waals surface area contributed by atoms with Crippen LogP contribution in [0.5, 0.6) is 0 Å². The van der Waals surface area contributed by atoms with E-state index in [-0.39, 0.29) is 10.8 Å². The molecule has 0 spiro atoms. The van der Waals surface area contributed by atoms with Crippen molar-refractivity contribution in [3.8, 4) is 0 Å². The van der Waals surface area contributed by atoms with Crippen LogP contribution in [-0.4, -0.2) is 44.1 Å². The van der Waals surface area contributed by atoms with E-state index in [1.165, 1.54) is 5.84 Å². The summed E-state index contributed by atoms with van der Waals surface area (Å²) in [5.74, 6) is 3.33. The minimum absolute atomic E-state index is 0.00361. The van der Waals surface area contributed by atoms with Crippen LogP contribution in [-0.2, 0) is 5.41 Å². The Balaban J connectivity index is 2.26. The monoisotopic (exact) mass is 361 g/mol. The van der Waals surface area contributed by atoms with Crippen molar-refractivity contribution in [3.63, 3.8) is 0 Å². The van der Waals surface area contributed by atoms with E-state index < -0.39 is 0 Å². The van der Waals surface area contributed by atoms with Gasteiger partial charge in [0.15, 0.2) is 0 Å². The third-order valence-corrected chi connectivity index (χ3v) is 5.17. The summed E-state index contributed by atoms with van der Waals surface area (Å²) >= 11 is 0. The van der Waals surface area contributed by atoms with Crippen LogP contribution in [0.2, 0.25) is 0 Å². The Labute approximate surface area is 160 Å². The van der Waals surface area contributed by atoms with E-state index in [4.69, 9.17) is 4.99 Å². The van der Waals surface area contributed by atoms with Gasteiger partial charge in [-0.15, -0.1) is 10.2 Å². The summed E-state index contributed by atoms with van der Waals surface area (Å²) in [6, 6.07) is 1.21. The molecule has 26 heavy (non-hydrogen) atoms. The van der Waals surface area contributed by atoms with E-state index in [1.807, 2.05) is 0 Å². The SMILES string of the molecule is Cc1nnc(C(C)(C)C)n1C(C)CC1CCN(C(C)C)C(C(C)(C)C)=N1. The first-order valence-corrected chi connectivity index (χ1v) is 10.1. The van der Waals surface area contributed by atoms with E-state index >= 15 is 0 Å². The maximum Gasteiger partial charge on any atom is 0.138 e. The Bertz CT molecular complexity index is 642. The molecule has 1 aromatic rings. The average Bonchev–Trinajstić information content (AvgIpc) is 2.88. The second-order valence-electron chi connectivity index (χ2n) is 10.2. The second-order valence-corrected chi connectivity index (χ2v) is 10.2. The lowest BCUT2D eigenvalue weighted by Crippen LogP contribution is -2.48.